The predicted molar refractivity (Wildman–Crippen MR) is 106 cm³/mol. The standard InChI is InChI=1S/C19H23BrN2O3S/c1-13-8-9-16(12-14(13)2)26(24,25)21-11-10-19(23)22-15(3)17-6-4-5-7-18(17)20/h4-9,12,15,21H,10-11H2,1-3H3,(H,22,23). The number of hydrogen-bond acceptors (Lipinski definition) is 3. The van der Waals surface area contributed by atoms with E-state index in [0.29, 0.717) is 0 Å². The number of aryl methyl sites for hydroxylation is 2. The zero-order valence-electron chi connectivity index (χ0n) is 15.0. The normalized spacial score (nSPS) is 12.6. The molecule has 0 radical (unpaired) electrons. The molecule has 2 aromatic rings. The van der Waals surface area contributed by atoms with Gasteiger partial charge in [-0.1, -0.05) is 40.2 Å². The summed E-state index contributed by atoms with van der Waals surface area (Å²) in [6.45, 7) is 5.72. The van der Waals surface area contributed by atoms with E-state index < -0.39 is 10.0 Å². The second kappa shape index (κ2) is 8.79. The lowest BCUT2D eigenvalue weighted by atomic mass is 10.1. The van der Waals surface area contributed by atoms with Crippen LogP contribution in [0.5, 0.6) is 0 Å². The van der Waals surface area contributed by atoms with Crippen LogP contribution in [-0.4, -0.2) is 20.9 Å². The molecule has 0 saturated heterocycles. The third-order valence-electron chi connectivity index (χ3n) is 4.18. The minimum absolute atomic E-state index is 0.0454. The molecule has 0 aliphatic heterocycles. The Labute approximate surface area is 163 Å². The van der Waals surface area contributed by atoms with Crippen molar-refractivity contribution in [2.24, 2.45) is 0 Å². The Morgan fingerprint density at radius 2 is 1.81 bits per heavy atom. The van der Waals surface area contributed by atoms with E-state index in [4.69, 9.17) is 0 Å². The van der Waals surface area contributed by atoms with Crippen molar-refractivity contribution in [1.82, 2.24) is 10.0 Å². The van der Waals surface area contributed by atoms with Gasteiger partial charge in [-0.3, -0.25) is 4.79 Å². The Kier molecular flexibility index (Phi) is 6.97. The first kappa shape index (κ1) is 20.6. The molecule has 5 nitrogen and oxygen atoms in total. The molecule has 1 unspecified atom stereocenters. The molecule has 140 valence electrons. The van der Waals surface area contributed by atoms with Crippen molar-refractivity contribution in [2.45, 2.75) is 38.1 Å². The van der Waals surface area contributed by atoms with Crippen molar-refractivity contribution >= 4 is 31.9 Å². The third-order valence-corrected chi connectivity index (χ3v) is 6.36. The van der Waals surface area contributed by atoms with E-state index >= 15 is 0 Å². The first-order chi connectivity index (χ1) is 12.2. The molecule has 0 fully saturated rings. The molecule has 7 heteroatoms. The van der Waals surface area contributed by atoms with Gasteiger partial charge >= 0.3 is 0 Å². The van der Waals surface area contributed by atoms with Gasteiger partial charge in [0, 0.05) is 17.4 Å². The SMILES string of the molecule is Cc1ccc(S(=O)(=O)NCCC(=O)NC(C)c2ccccc2Br)cc1C. The van der Waals surface area contributed by atoms with Gasteiger partial charge in [-0.05, 0) is 55.7 Å². The Morgan fingerprint density at radius 1 is 1.12 bits per heavy atom. The zero-order valence-corrected chi connectivity index (χ0v) is 17.4. The van der Waals surface area contributed by atoms with Gasteiger partial charge in [-0.2, -0.15) is 0 Å². The molecule has 1 amide bonds. The van der Waals surface area contributed by atoms with Crippen LogP contribution in [0.3, 0.4) is 0 Å². The fourth-order valence-electron chi connectivity index (χ4n) is 2.48. The van der Waals surface area contributed by atoms with Crippen LogP contribution in [0.4, 0.5) is 0 Å². The van der Waals surface area contributed by atoms with Crippen molar-refractivity contribution in [1.29, 1.82) is 0 Å². The molecule has 2 aromatic carbocycles. The first-order valence-electron chi connectivity index (χ1n) is 8.31. The van der Waals surface area contributed by atoms with Crippen LogP contribution in [0.1, 0.15) is 36.1 Å². The Bertz CT molecular complexity index is 897. The zero-order chi connectivity index (χ0) is 19.3. The van der Waals surface area contributed by atoms with Crippen LogP contribution in [0.25, 0.3) is 0 Å². The highest BCUT2D eigenvalue weighted by molar-refractivity contribution is 9.10. The van der Waals surface area contributed by atoms with Crippen LogP contribution in [0, 0.1) is 13.8 Å². The quantitative estimate of drug-likeness (QED) is 0.692. The molecule has 2 N–H and O–H groups in total. The highest BCUT2D eigenvalue weighted by Crippen LogP contribution is 2.22. The Hall–Kier alpha value is -1.70. The number of sulfonamides is 1. The summed E-state index contributed by atoms with van der Waals surface area (Å²) in [6.07, 6.45) is 0.0683. The van der Waals surface area contributed by atoms with Crippen LogP contribution < -0.4 is 10.0 Å². The average molecular weight is 439 g/mol. The maximum atomic E-state index is 12.3. The Balaban J connectivity index is 1.89. The first-order valence-corrected chi connectivity index (χ1v) is 10.6. The summed E-state index contributed by atoms with van der Waals surface area (Å²) in [5.74, 6) is -0.212. The number of carbonyl (C=O) groups is 1. The number of hydrogen-bond donors (Lipinski definition) is 2. The highest BCUT2D eigenvalue weighted by atomic mass is 79.9. The highest BCUT2D eigenvalue weighted by Gasteiger charge is 2.16. The number of nitrogens with one attached hydrogen (secondary N) is 2. The minimum atomic E-state index is -3.62. The maximum absolute atomic E-state index is 12.3. The van der Waals surface area contributed by atoms with E-state index in [1.807, 2.05) is 45.0 Å². The van der Waals surface area contributed by atoms with Crippen molar-refractivity contribution in [3.8, 4) is 0 Å². The summed E-state index contributed by atoms with van der Waals surface area (Å²) in [7, 11) is -3.62. The summed E-state index contributed by atoms with van der Waals surface area (Å²) in [5.41, 5.74) is 2.91. The van der Waals surface area contributed by atoms with Gasteiger partial charge in [0.05, 0.1) is 10.9 Å². The van der Waals surface area contributed by atoms with E-state index in [9.17, 15) is 13.2 Å². The van der Waals surface area contributed by atoms with Crippen molar-refractivity contribution in [2.75, 3.05) is 6.54 Å². The number of benzene rings is 2. The van der Waals surface area contributed by atoms with E-state index in [2.05, 4.69) is 26.0 Å². The molecule has 1 atom stereocenters. The monoisotopic (exact) mass is 438 g/mol. The van der Waals surface area contributed by atoms with Crippen LogP contribution in [0.15, 0.2) is 51.8 Å². The maximum Gasteiger partial charge on any atom is 0.240 e. The predicted octanol–water partition coefficient (Wildman–Crippen LogP) is 3.61. The molecular formula is C19H23BrN2O3S. The molecule has 2 rings (SSSR count). The van der Waals surface area contributed by atoms with Gasteiger partial charge in [0.1, 0.15) is 0 Å². The van der Waals surface area contributed by atoms with Gasteiger partial charge in [0.15, 0.2) is 0 Å². The summed E-state index contributed by atoms with van der Waals surface area (Å²) in [5, 5.41) is 2.88. The molecule has 0 aliphatic rings. The lowest BCUT2D eigenvalue weighted by Crippen LogP contribution is -2.32. The smallest absolute Gasteiger partial charge is 0.240 e. The summed E-state index contributed by atoms with van der Waals surface area (Å²) in [4.78, 5) is 12.3. The van der Waals surface area contributed by atoms with E-state index in [1.165, 1.54) is 0 Å². The Morgan fingerprint density at radius 3 is 2.46 bits per heavy atom. The molecule has 0 aromatic heterocycles. The van der Waals surface area contributed by atoms with Gasteiger partial charge in [0.2, 0.25) is 15.9 Å². The minimum Gasteiger partial charge on any atom is -0.350 e. The second-order valence-electron chi connectivity index (χ2n) is 6.20. The van der Waals surface area contributed by atoms with Crippen LogP contribution in [-0.2, 0) is 14.8 Å². The molecule has 0 saturated carbocycles. The molecular weight excluding hydrogens is 416 g/mol. The topological polar surface area (TPSA) is 75.3 Å². The molecule has 0 heterocycles. The van der Waals surface area contributed by atoms with E-state index in [1.54, 1.807) is 18.2 Å². The fraction of sp³-hybridized carbons (Fsp3) is 0.316. The molecule has 0 aliphatic carbocycles. The van der Waals surface area contributed by atoms with Gasteiger partial charge in [-0.25, -0.2) is 13.1 Å². The molecule has 26 heavy (non-hydrogen) atoms. The van der Waals surface area contributed by atoms with E-state index in [-0.39, 0.29) is 29.8 Å². The summed E-state index contributed by atoms with van der Waals surface area (Å²) < 4.78 is 28.0. The largest absolute Gasteiger partial charge is 0.350 e. The fourth-order valence-corrected chi connectivity index (χ4v) is 4.23. The van der Waals surface area contributed by atoms with Crippen LogP contribution >= 0.6 is 15.9 Å². The van der Waals surface area contributed by atoms with Gasteiger partial charge in [-0.15, -0.1) is 0 Å². The number of rotatable bonds is 7. The van der Waals surface area contributed by atoms with Crippen molar-refractivity contribution < 1.29 is 13.2 Å². The number of amides is 1. The van der Waals surface area contributed by atoms with Crippen molar-refractivity contribution in [3.05, 3.63) is 63.6 Å². The molecule has 0 spiro atoms. The summed E-state index contributed by atoms with van der Waals surface area (Å²) >= 11 is 3.46. The number of halogens is 1. The van der Waals surface area contributed by atoms with Gasteiger partial charge < -0.3 is 5.32 Å². The average Bonchev–Trinajstić information content (AvgIpc) is 2.57. The molecule has 0 bridgehead atoms. The van der Waals surface area contributed by atoms with E-state index in [0.717, 1.165) is 21.2 Å². The lowest BCUT2D eigenvalue weighted by molar-refractivity contribution is -0.121. The lowest BCUT2D eigenvalue weighted by Gasteiger charge is -2.16. The summed E-state index contributed by atoms with van der Waals surface area (Å²) in [6, 6.07) is 12.5. The third kappa shape index (κ3) is 5.40. The number of carbonyl (C=O) groups excluding carboxylic acids is 1. The van der Waals surface area contributed by atoms with Crippen molar-refractivity contribution in [3.63, 3.8) is 0 Å². The second-order valence-corrected chi connectivity index (χ2v) is 8.83. The van der Waals surface area contributed by atoms with Gasteiger partial charge in [0.25, 0.3) is 0 Å². The van der Waals surface area contributed by atoms with Crippen LogP contribution in [0.2, 0.25) is 0 Å².